The molecule has 0 aliphatic carbocycles. The largest absolute Gasteiger partial charge is 0.547 e. The number of aliphatic hydroxyl groups is 1. The quantitative estimate of drug-likeness (QED) is 0.419. The van der Waals surface area contributed by atoms with Crippen molar-refractivity contribution in [3.8, 4) is 0 Å². The zero-order chi connectivity index (χ0) is 12.1. The smallest absolute Gasteiger partial charge is 0.404 e. The third kappa shape index (κ3) is 3.37. The average molecular weight is 253 g/mol. The predicted molar refractivity (Wildman–Crippen MR) is 60.8 cm³/mol. The zero-order valence-corrected chi connectivity index (χ0v) is 9.71. The number of alkyl halides is 2. The molecule has 1 saturated heterocycles. The minimum Gasteiger partial charge on any atom is -0.404 e. The fourth-order valence-corrected chi connectivity index (χ4v) is 2.62. The van der Waals surface area contributed by atoms with E-state index < -0.39 is 23.2 Å². The van der Waals surface area contributed by atoms with Gasteiger partial charge in [0.1, 0.15) is 0 Å². The molecule has 1 heterocycles. The summed E-state index contributed by atoms with van der Waals surface area (Å²) in [6.45, 7) is 3.29. The summed E-state index contributed by atoms with van der Waals surface area (Å²) in [7, 11) is 1.61. The molecule has 3 unspecified atom stereocenters. The minimum absolute atomic E-state index is 0.210. The van der Waals surface area contributed by atoms with Crippen molar-refractivity contribution < 1.29 is 18.6 Å². The Morgan fingerprint density at radius 1 is 1.62 bits per heavy atom. The summed E-state index contributed by atoms with van der Waals surface area (Å²) in [5, 5.41) is 11.0. The number of nitrogens with zero attached hydrogens (tertiary/aromatic N) is 1. The Bertz CT molecular complexity index is 285. The van der Waals surface area contributed by atoms with Gasteiger partial charge >= 0.3 is 6.02 Å². The van der Waals surface area contributed by atoms with Gasteiger partial charge < -0.3 is 9.84 Å². The number of aliphatic hydroxyl groups excluding tert-OH is 1. The zero-order valence-electron chi connectivity index (χ0n) is 8.90. The molecule has 0 aromatic rings. The third-order valence-corrected chi connectivity index (χ3v) is 3.70. The third-order valence-electron chi connectivity index (χ3n) is 2.24. The van der Waals surface area contributed by atoms with Crippen LogP contribution in [0.4, 0.5) is 8.78 Å². The number of thioether (sulfide) groups is 1. The van der Waals surface area contributed by atoms with Gasteiger partial charge in [-0.1, -0.05) is 0 Å². The standard InChI is InChI=1S/C9H14F2N2O2S/c1-12-9(13-2)15-6-4-3-5(14)7(16-6)8(10)11/h5-8,14H,1,3-4H2,2H3/p+1. The van der Waals surface area contributed by atoms with E-state index in [0.29, 0.717) is 12.8 Å². The average Bonchev–Trinajstić information content (AvgIpc) is 2.27. The first kappa shape index (κ1) is 13.3. The lowest BCUT2D eigenvalue weighted by Gasteiger charge is -2.30. The van der Waals surface area contributed by atoms with Gasteiger partial charge in [-0.3, -0.25) is 0 Å². The van der Waals surface area contributed by atoms with Gasteiger partial charge in [0.25, 0.3) is 6.43 Å². The molecule has 3 atom stereocenters. The van der Waals surface area contributed by atoms with Crippen molar-refractivity contribution in [3.05, 3.63) is 0 Å². The number of halogens is 2. The Balaban J connectivity index is 2.55. The first-order chi connectivity index (χ1) is 7.58. The molecule has 1 rings (SSSR count). The minimum atomic E-state index is -2.55. The van der Waals surface area contributed by atoms with Crippen LogP contribution >= 0.6 is 11.8 Å². The lowest BCUT2D eigenvalue weighted by molar-refractivity contribution is 0.0519. The van der Waals surface area contributed by atoms with E-state index in [1.165, 1.54) is 0 Å². The molecule has 0 amide bonds. The van der Waals surface area contributed by atoms with Crippen molar-refractivity contribution in [2.75, 3.05) is 7.05 Å². The number of nitrogens with one attached hydrogen (secondary N) is 1. The monoisotopic (exact) mass is 253 g/mol. The van der Waals surface area contributed by atoms with Gasteiger partial charge in [0.05, 0.1) is 18.4 Å². The van der Waals surface area contributed by atoms with E-state index in [1.807, 2.05) is 0 Å². The molecular formula is C9H15F2N2O2S+. The fourth-order valence-electron chi connectivity index (χ4n) is 1.42. The van der Waals surface area contributed by atoms with E-state index in [2.05, 4.69) is 16.7 Å². The summed E-state index contributed by atoms with van der Waals surface area (Å²) < 4.78 is 34.0. The molecule has 1 aliphatic rings. The molecule has 1 fully saturated rings. The summed E-state index contributed by atoms with van der Waals surface area (Å²) >= 11 is 0.936. The van der Waals surface area contributed by atoms with E-state index in [9.17, 15) is 13.9 Å². The highest BCUT2D eigenvalue weighted by Gasteiger charge is 2.38. The lowest BCUT2D eigenvalue weighted by atomic mass is 10.1. The van der Waals surface area contributed by atoms with Gasteiger partial charge in [-0.15, -0.1) is 11.8 Å². The summed E-state index contributed by atoms with van der Waals surface area (Å²) in [6, 6.07) is 0.210. The highest BCUT2D eigenvalue weighted by molar-refractivity contribution is 8.00. The van der Waals surface area contributed by atoms with E-state index >= 15 is 0 Å². The molecule has 0 spiro atoms. The maximum Gasteiger partial charge on any atom is 0.547 e. The van der Waals surface area contributed by atoms with Gasteiger partial charge in [-0.05, 0) is 12.8 Å². The number of hydrogen-bond donors (Lipinski definition) is 2. The Hall–Kier alpha value is -0.780. The van der Waals surface area contributed by atoms with E-state index in [4.69, 9.17) is 4.74 Å². The van der Waals surface area contributed by atoms with Crippen LogP contribution in [0.25, 0.3) is 0 Å². The Kier molecular flexibility index (Phi) is 5.05. The molecule has 1 aliphatic heterocycles. The van der Waals surface area contributed by atoms with Crippen LogP contribution in [0.15, 0.2) is 0 Å². The Morgan fingerprint density at radius 3 is 2.81 bits per heavy atom. The van der Waals surface area contributed by atoms with Crippen LogP contribution in [0.3, 0.4) is 0 Å². The molecule has 16 heavy (non-hydrogen) atoms. The van der Waals surface area contributed by atoms with E-state index in [0.717, 1.165) is 11.8 Å². The molecular weight excluding hydrogens is 238 g/mol. The van der Waals surface area contributed by atoms with Crippen molar-refractivity contribution in [1.29, 1.82) is 0 Å². The second kappa shape index (κ2) is 6.08. The topological polar surface area (TPSA) is 55.6 Å². The van der Waals surface area contributed by atoms with Crippen LogP contribution in [0.1, 0.15) is 12.8 Å². The van der Waals surface area contributed by atoms with E-state index in [-0.39, 0.29) is 6.02 Å². The van der Waals surface area contributed by atoms with Crippen LogP contribution in [0, 0.1) is 0 Å². The highest BCUT2D eigenvalue weighted by atomic mass is 32.2. The molecule has 7 heteroatoms. The van der Waals surface area contributed by atoms with Crippen LogP contribution in [0.2, 0.25) is 0 Å². The predicted octanol–water partition coefficient (Wildman–Crippen LogP) is 0.194. The van der Waals surface area contributed by atoms with Crippen LogP contribution in [-0.4, -0.2) is 48.1 Å². The Morgan fingerprint density at radius 2 is 2.31 bits per heavy atom. The maximum atomic E-state index is 12.6. The number of amidine groups is 1. The molecule has 0 saturated carbocycles. The molecule has 0 bridgehead atoms. The molecule has 4 nitrogen and oxygen atoms in total. The van der Waals surface area contributed by atoms with Crippen LogP contribution in [0.5, 0.6) is 0 Å². The van der Waals surface area contributed by atoms with Gasteiger partial charge in [0.2, 0.25) is 0 Å². The second-order valence-corrected chi connectivity index (χ2v) is 4.68. The first-order valence-corrected chi connectivity index (χ1v) is 5.82. The second-order valence-electron chi connectivity index (χ2n) is 3.34. The highest BCUT2D eigenvalue weighted by Crippen LogP contribution is 2.35. The van der Waals surface area contributed by atoms with Gasteiger partial charge in [-0.2, -0.15) is 4.67 Å². The number of rotatable bonds is 2. The van der Waals surface area contributed by atoms with Crippen molar-refractivity contribution >= 4 is 24.5 Å². The number of hydrogen-bond acceptors (Lipinski definition) is 3. The van der Waals surface area contributed by atoms with Crippen molar-refractivity contribution in [2.45, 2.75) is 36.1 Å². The molecule has 0 radical (unpaired) electrons. The van der Waals surface area contributed by atoms with Crippen LogP contribution < -0.4 is 9.98 Å². The van der Waals surface area contributed by atoms with Gasteiger partial charge in [-0.25, -0.2) is 14.1 Å². The number of ether oxygens (including phenoxy) is 1. The summed E-state index contributed by atoms with van der Waals surface area (Å²) in [4.78, 5) is 0. The molecule has 2 N–H and O–H groups in total. The SMILES string of the molecule is C=[N+]=C(NC)OC1CCC(O)C(C(F)F)S1. The first-order valence-electron chi connectivity index (χ1n) is 4.88. The van der Waals surface area contributed by atoms with Gasteiger partial charge in [0, 0.05) is 0 Å². The normalized spacial score (nSPS) is 29.7. The lowest BCUT2D eigenvalue weighted by Crippen LogP contribution is -2.39. The molecule has 0 aromatic heterocycles. The summed E-state index contributed by atoms with van der Waals surface area (Å²) in [5.41, 5.74) is -0.421. The maximum absolute atomic E-state index is 12.6. The van der Waals surface area contributed by atoms with Crippen molar-refractivity contribution in [1.82, 2.24) is 9.98 Å². The van der Waals surface area contributed by atoms with Crippen molar-refractivity contribution in [2.24, 2.45) is 0 Å². The van der Waals surface area contributed by atoms with E-state index in [1.54, 1.807) is 7.05 Å². The van der Waals surface area contributed by atoms with Crippen LogP contribution in [-0.2, 0) is 4.74 Å². The molecule has 0 aromatic carbocycles. The van der Waals surface area contributed by atoms with Crippen molar-refractivity contribution in [3.63, 3.8) is 0 Å². The Labute approximate surface area is 96.8 Å². The summed E-state index contributed by atoms with van der Waals surface area (Å²) in [5.74, 6) is 0. The van der Waals surface area contributed by atoms with Gasteiger partial charge in [0.15, 0.2) is 12.2 Å². The molecule has 92 valence electrons. The summed E-state index contributed by atoms with van der Waals surface area (Å²) in [6.07, 6.45) is -2.71. The fraction of sp³-hybridized carbons (Fsp3) is 0.778.